The van der Waals surface area contributed by atoms with Crippen LogP contribution < -0.4 is 5.73 Å². The average Bonchev–Trinajstić information content (AvgIpc) is 2.12. The Morgan fingerprint density at radius 3 is 2.17 bits per heavy atom. The molecule has 0 heterocycles. The lowest BCUT2D eigenvalue weighted by atomic mass is 10.2. The zero-order valence-electron chi connectivity index (χ0n) is 8.59. The van der Waals surface area contributed by atoms with Crippen LogP contribution in [-0.4, -0.2) is 28.4 Å². The number of hydrogen-bond acceptors (Lipinski definition) is 3. The van der Waals surface area contributed by atoms with Gasteiger partial charge >= 0.3 is 8.56 Å². The van der Waals surface area contributed by atoms with Crippen LogP contribution in [0.5, 0.6) is 0 Å². The summed E-state index contributed by atoms with van der Waals surface area (Å²) in [5.41, 5.74) is 6.06. The minimum absolute atomic E-state index is 0.0902. The van der Waals surface area contributed by atoms with Crippen molar-refractivity contribution in [2.45, 2.75) is 38.4 Å². The summed E-state index contributed by atoms with van der Waals surface area (Å²) in [7, 11) is 1.30. The van der Waals surface area contributed by atoms with E-state index in [0.29, 0.717) is 0 Å². The molecular formula is C8H21NO2Si. The monoisotopic (exact) mass is 191 g/mol. The molecule has 0 aliphatic carbocycles. The molecule has 0 saturated carbocycles. The van der Waals surface area contributed by atoms with Crippen LogP contribution in [0.2, 0.25) is 6.55 Å². The standard InChI is InChI=1S/C8H21NO2Si/c1-5-6-7-8(9)12(4,10-2)11-3/h8H,5-7,9H2,1-4H3. The van der Waals surface area contributed by atoms with Gasteiger partial charge in [0.15, 0.2) is 0 Å². The highest BCUT2D eigenvalue weighted by molar-refractivity contribution is 6.67. The van der Waals surface area contributed by atoms with E-state index in [2.05, 4.69) is 6.92 Å². The lowest BCUT2D eigenvalue weighted by Crippen LogP contribution is -2.54. The predicted molar refractivity (Wildman–Crippen MR) is 53.1 cm³/mol. The third kappa shape index (κ3) is 3.22. The second-order valence-corrected chi connectivity index (χ2v) is 6.76. The van der Waals surface area contributed by atoms with Crippen molar-refractivity contribution in [1.29, 1.82) is 0 Å². The van der Waals surface area contributed by atoms with Crippen molar-refractivity contribution >= 4 is 8.56 Å². The van der Waals surface area contributed by atoms with Crippen molar-refractivity contribution in [3.63, 3.8) is 0 Å². The van der Waals surface area contributed by atoms with Gasteiger partial charge in [0, 0.05) is 19.9 Å². The maximum atomic E-state index is 5.97. The summed E-state index contributed by atoms with van der Waals surface area (Å²) in [4.78, 5) is 0. The molecule has 0 aliphatic rings. The second-order valence-electron chi connectivity index (χ2n) is 3.17. The molecule has 12 heavy (non-hydrogen) atoms. The third-order valence-corrected chi connectivity index (χ3v) is 5.61. The summed E-state index contributed by atoms with van der Waals surface area (Å²) >= 11 is 0. The highest BCUT2D eigenvalue weighted by atomic mass is 28.4. The van der Waals surface area contributed by atoms with Gasteiger partial charge in [-0.25, -0.2) is 0 Å². The van der Waals surface area contributed by atoms with Crippen LogP contribution in [0.15, 0.2) is 0 Å². The summed E-state index contributed by atoms with van der Waals surface area (Å²) in [6.07, 6.45) is 3.32. The normalized spacial score (nSPS) is 14.8. The second kappa shape index (κ2) is 5.69. The zero-order chi connectivity index (χ0) is 9.61. The van der Waals surface area contributed by atoms with Gasteiger partial charge in [-0.05, 0) is 13.0 Å². The van der Waals surface area contributed by atoms with Crippen LogP contribution in [0.3, 0.4) is 0 Å². The smallest absolute Gasteiger partial charge is 0.351 e. The third-order valence-electron chi connectivity index (χ3n) is 2.35. The van der Waals surface area contributed by atoms with Gasteiger partial charge in [-0.2, -0.15) is 0 Å². The van der Waals surface area contributed by atoms with Gasteiger partial charge in [-0.1, -0.05) is 19.8 Å². The molecule has 1 unspecified atom stereocenters. The number of nitrogens with two attached hydrogens (primary N) is 1. The fraction of sp³-hybridized carbons (Fsp3) is 1.00. The van der Waals surface area contributed by atoms with E-state index in [0.717, 1.165) is 12.8 Å². The van der Waals surface area contributed by atoms with Crippen molar-refractivity contribution in [3.8, 4) is 0 Å². The van der Waals surface area contributed by atoms with E-state index in [1.807, 2.05) is 6.55 Å². The highest BCUT2D eigenvalue weighted by Gasteiger charge is 2.36. The van der Waals surface area contributed by atoms with E-state index in [1.165, 1.54) is 6.42 Å². The lowest BCUT2D eigenvalue weighted by Gasteiger charge is -2.28. The first-order valence-electron chi connectivity index (χ1n) is 4.46. The summed E-state index contributed by atoms with van der Waals surface area (Å²) in [5, 5.41) is 0. The van der Waals surface area contributed by atoms with E-state index >= 15 is 0 Å². The molecule has 0 radical (unpaired) electrons. The molecule has 3 nitrogen and oxygen atoms in total. The SMILES string of the molecule is CCCCC(N)[Si](C)(OC)OC. The quantitative estimate of drug-likeness (QED) is 0.646. The first kappa shape index (κ1) is 12.1. The van der Waals surface area contributed by atoms with E-state index < -0.39 is 8.56 Å². The molecule has 0 amide bonds. The molecular weight excluding hydrogens is 170 g/mol. The molecule has 2 N–H and O–H groups in total. The first-order valence-corrected chi connectivity index (χ1v) is 6.86. The molecule has 0 rings (SSSR count). The molecule has 0 aromatic rings. The van der Waals surface area contributed by atoms with E-state index in [1.54, 1.807) is 14.2 Å². The van der Waals surface area contributed by atoms with Crippen LogP contribution in [0.4, 0.5) is 0 Å². The zero-order valence-corrected chi connectivity index (χ0v) is 9.59. The van der Waals surface area contributed by atoms with Gasteiger partial charge in [0.25, 0.3) is 0 Å². The van der Waals surface area contributed by atoms with Gasteiger partial charge in [-0.15, -0.1) is 0 Å². The van der Waals surface area contributed by atoms with Gasteiger partial charge in [0.2, 0.25) is 0 Å². The van der Waals surface area contributed by atoms with Crippen molar-refractivity contribution in [2.24, 2.45) is 5.73 Å². The van der Waals surface area contributed by atoms with Crippen molar-refractivity contribution in [3.05, 3.63) is 0 Å². The lowest BCUT2D eigenvalue weighted by molar-refractivity contribution is 0.235. The summed E-state index contributed by atoms with van der Waals surface area (Å²) in [5.74, 6) is 0. The minimum atomic E-state index is -2.06. The van der Waals surface area contributed by atoms with Crippen molar-refractivity contribution in [1.82, 2.24) is 0 Å². The molecule has 0 fully saturated rings. The number of unbranched alkanes of at least 4 members (excludes halogenated alkanes) is 1. The Labute approximate surface area is 76.5 Å². The molecule has 0 aromatic heterocycles. The Morgan fingerprint density at radius 2 is 1.83 bits per heavy atom. The van der Waals surface area contributed by atoms with E-state index in [4.69, 9.17) is 14.6 Å². The molecule has 4 heteroatoms. The van der Waals surface area contributed by atoms with Crippen LogP contribution in [-0.2, 0) is 8.85 Å². The van der Waals surface area contributed by atoms with Crippen LogP contribution in [0, 0.1) is 0 Å². The summed E-state index contributed by atoms with van der Waals surface area (Å²) in [6.45, 7) is 4.17. The van der Waals surface area contributed by atoms with Crippen LogP contribution >= 0.6 is 0 Å². The fourth-order valence-corrected chi connectivity index (χ4v) is 2.57. The molecule has 0 aliphatic heterocycles. The maximum absolute atomic E-state index is 5.97. The Kier molecular flexibility index (Phi) is 5.74. The highest BCUT2D eigenvalue weighted by Crippen LogP contribution is 2.13. The molecule has 1 atom stereocenters. The van der Waals surface area contributed by atoms with E-state index in [9.17, 15) is 0 Å². The van der Waals surface area contributed by atoms with Gasteiger partial charge in [0.05, 0.1) is 0 Å². The largest absolute Gasteiger partial charge is 0.397 e. The van der Waals surface area contributed by atoms with Crippen molar-refractivity contribution in [2.75, 3.05) is 14.2 Å². The maximum Gasteiger partial charge on any atom is 0.351 e. The Hall–Kier alpha value is 0.0969. The predicted octanol–water partition coefficient (Wildman–Crippen LogP) is 1.41. The Morgan fingerprint density at radius 1 is 1.33 bits per heavy atom. The Balaban J connectivity index is 3.93. The van der Waals surface area contributed by atoms with Crippen LogP contribution in [0.25, 0.3) is 0 Å². The fourth-order valence-electron chi connectivity index (χ4n) is 1.07. The number of hydrogen-bond donors (Lipinski definition) is 1. The first-order chi connectivity index (χ1) is 5.60. The molecule has 0 aromatic carbocycles. The molecule has 74 valence electrons. The Bertz CT molecular complexity index is 118. The average molecular weight is 191 g/mol. The van der Waals surface area contributed by atoms with Crippen LogP contribution in [0.1, 0.15) is 26.2 Å². The minimum Gasteiger partial charge on any atom is -0.397 e. The molecule has 0 bridgehead atoms. The van der Waals surface area contributed by atoms with Gasteiger partial charge in [0.1, 0.15) is 0 Å². The van der Waals surface area contributed by atoms with Gasteiger partial charge in [-0.3, -0.25) is 0 Å². The van der Waals surface area contributed by atoms with E-state index in [-0.39, 0.29) is 5.67 Å². The summed E-state index contributed by atoms with van der Waals surface area (Å²) in [6, 6.07) is 0. The van der Waals surface area contributed by atoms with Gasteiger partial charge < -0.3 is 14.6 Å². The number of rotatable bonds is 6. The molecule has 0 spiro atoms. The topological polar surface area (TPSA) is 44.5 Å². The summed E-state index contributed by atoms with van der Waals surface area (Å²) < 4.78 is 10.7. The molecule has 0 saturated heterocycles. The van der Waals surface area contributed by atoms with Crippen molar-refractivity contribution < 1.29 is 8.85 Å².